The molecular formula is C56H40N4. The first-order chi connectivity index (χ1) is 29.7. The normalized spacial score (nSPS) is 13.9. The highest BCUT2D eigenvalue weighted by Gasteiger charge is 2.19. The Morgan fingerprint density at radius 1 is 0.433 bits per heavy atom. The molecule has 1 aliphatic rings. The van der Waals surface area contributed by atoms with Gasteiger partial charge >= 0.3 is 0 Å². The Morgan fingerprint density at radius 3 is 1.83 bits per heavy atom. The first-order valence-corrected chi connectivity index (χ1v) is 20.4. The lowest BCUT2D eigenvalue weighted by Crippen LogP contribution is -2.18. The lowest BCUT2D eigenvalue weighted by molar-refractivity contribution is 1.09. The Balaban J connectivity index is 0.981. The second kappa shape index (κ2) is 14.8. The van der Waals surface area contributed by atoms with E-state index in [4.69, 9.17) is 4.98 Å². The maximum Gasteiger partial charge on any atom is 0.145 e. The fraction of sp³-hybridized carbons (Fsp3) is 0.0179. The van der Waals surface area contributed by atoms with Crippen molar-refractivity contribution in [1.82, 2.24) is 14.1 Å². The lowest BCUT2D eigenvalue weighted by atomic mass is 9.96. The van der Waals surface area contributed by atoms with Gasteiger partial charge in [-0.25, -0.2) is 4.98 Å². The molecule has 0 bridgehead atoms. The first-order valence-electron chi connectivity index (χ1n) is 20.4. The molecule has 0 aliphatic carbocycles. The third-order valence-corrected chi connectivity index (χ3v) is 11.7. The molecule has 10 aromatic rings. The predicted molar refractivity (Wildman–Crippen MR) is 252 cm³/mol. The molecule has 284 valence electrons. The number of hydrogen-bond acceptors (Lipinski definition) is 2. The Labute approximate surface area is 349 Å². The van der Waals surface area contributed by atoms with E-state index in [1.54, 1.807) is 0 Å². The van der Waals surface area contributed by atoms with E-state index in [0.29, 0.717) is 0 Å². The van der Waals surface area contributed by atoms with Crippen molar-refractivity contribution < 1.29 is 0 Å². The number of allylic oxidation sites excluding steroid dienone is 4. The summed E-state index contributed by atoms with van der Waals surface area (Å²) in [6.07, 6.45) is 8.49. The third kappa shape index (κ3) is 6.14. The van der Waals surface area contributed by atoms with Crippen LogP contribution < -0.4 is 4.90 Å². The van der Waals surface area contributed by atoms with Crippen LogP contribution in [0.25, 0.3) is 83.4 Å². The van der Waals surface area contributed by atoms with E-state index in [0.717, 1.165) is 73.9 Å². The Hall–Kier alpha value is -7.95. The van der Waals surface area contributed by atoms with Gasteiger partial charge in [-0.3, -0.25) is 4.57 Å². The molecule has 0 fully saturated rings. The van der Waals surface area contributed by atoms with Crippen LogP contribution in [0.3, 0.4) is 0 Å². The molecule has 0 spiro atoms. The average molecular weight is 769 g/mol. The van der Waals surface area contributed by atoms with Crippen molar-refractivity contribution in [3.63, 3.8) is 0 Å². The molecule has 4 heteroatoms. The summed E-state index contributed by atoms with van der Waals surface area (Å²) in [6, 6.07) is 69.5. The summed E-state index contributed by atoms with van der Waals surface area (Å²) < 4.78 is 4.66. The fourth-order valence-corrected chi connectivity index (χ4v) is 8.77. The van der Waals surface area contributed by atoms with Gasteiger partial charge in [-0.05, 0) is 107 Å². The summed E-state index contributed by atoms with van der Waals surface area (Å²) in [6.45, 7) is 5.27. The number of anilines is 2. The van der Waals surface area contributed by atoms with Crippen LogP contribution in [0.1, 0.15) is 5.56 Å². The molecule has 0 unspecified atom stereocenters. The smallest absolute Gasteiger partial charge is 0.145 e. The fourth-order valence-electron chi connectivity index (χ4n) is 8.77. The predicted octanol–water partition coefficient (Wildman–Crippen LogP) is 14.4. The zero-order valence-corrected chi connectivity index (χ0v) is 33.0. The van der Waals surface area contributed by atoms with Crippen LogP contribution in [0.5, 0.6) is 0 Å². The molecule has 0 atom stereocenters. The quantitative estimate of drug-likeness (QED) is 0.168. The molecule has 2 aromatic heterocycles. The van der Waals surface area contributed by atoms with Crippen molar-refractivity contribution in [3.05, 3.63) is 231 Å². The minimum atomic E-state index is 0.767. The molecule has 0 saturated heterocycles. The number of fused-ring (bicyclic) bond motifs is 5. The molecular weight excluding hydrogens is 729 g/mol. The summed E-state index contributed by atoms with van der Waals surface area (Å²) in [5, 5.41) is 2.43. The van der Waals surface area contributed by atoms with Gasteiger partial charge in [-0.2, -0.15) is 0 Å². The summed E-state index contributed by atoms with van der Waals surface area (Å²) >= 11 is 0. The van der Waals surface area contributed by atoms with E-state index in [1.807, 2.05) is 0 Å². The molecule has 0 N–H and O–H groups in total. The van der Waals surface area contributed by atoms with Gasteiger partial charge < -0.3 is 9.47 Å². The molecule has 3 heterocycles. The monoisotopic (exact) mass is 768 g/mol. The summed E-state index contributed by atoms with van der Waals surface area (Å²) in [7, 11) is 0. The summed E-state index contributed by atoms with van der Waals surface area (Å²) in [5.41, 5.74) is 16.7. The van der Waals surface area contributed by atoms with E-state index >= 15 is 0 Å². The van der Waals surface area contributed by atoms with E-state index in [-0.39, 0.29) is 0 Å². The molecule has 0 radical (unpaired) electrons. The summed E-state index contributed by atoms with van der Waals surface area (Å²) in [5.74, 6) is 0.918. The van der Waals surface area contributed by atoms with E-state index in [9.17, 15) is 0 Å². The zero-order valence-electron chi connectivity index (χ0n) is 33.0. The molecule has 11 rings (SSSR count). The van der Waals surface area contributed by atoms with Gasteiger partial charge in [0.25, 0.3) is 0 Å². The van der Waals surface area contributed by atoms with Crippen molar-refractivity contribution in [1.29, 1.82) is 0 Å². The van der Waals surface area contributed by atoms with Gasteiger partial charge in [-0.1, -0.05) is 146 Å². The highest BCUT2D eigenvalue weighted by atomic mass is 15.1. The van der Waals surface area contributed by atoms with E-state index in [1.165, 1.54) is 33.0 Å². The summed E-state index contributed by atoms with van der Waals surface area (Å²) in [4.78, 5) is 7.51. The van der Waals surface area contributed by atoms with Crippen LogP contribution in [0.4, 0.5) is 11.4 Å². The SMILES string of the molecule is C=C1/C=C\C=C/CN(c2ccccc2)c2ccc(-c3ccc4c(c3)c3ccccc3n4-c3ccc(-n4c(-c5ccc(-c6ccccc6)cc5)nc5ccccc54)cc3)cc21. The van der Waals surface area contributed by atoms with Crippen LogP contribution in [0.15, 0.2) is 225 Å². The van der Waals surface area contributed by atoms with Crippen molar-refractivity contribution in [2.24, 2.45) is 0 Å². The number of hydrogen-bond donors (Lipinski definition) is 0. The van der Waals surface area contributed by atoms with Gasteiger partial charge in [-0.15, -0.1) is 0 Å². The van der Waals surface area contributed by atoms with Crippen molar-refractivity contribution in [2.45, 2.75) is 0 Å². The third-order valence-electron chi connectivity index (χ3n) is 11.7. The molecule has 0 amide bonds. The molecule has 8 aromatic carbocycles. The van der Waals surface area contributed by atoms with Crippen molar-refractivity contribution >= 4 is 49.8 Å². The Bertz CT molecular complexity index is 3270. The lowest BCUT2D eigenvalue weighted by Gasteiger charge is -2.27. The minimum Gasteiger partial charge on any atom is -0.337 e. The standard InChI is InChI=1S/C56H40N4/c1-39-15-5-4-14-36-58(45-18-8-3-9-19-45)52-34-28-43(37-49(39)52)44-29-35-54-50(38-44)48-20-10-12-22-53(48)59(54)46-30-32-47(33-31-46)60-55-23-13-11-21-51(55)57-56(60)42-26-24-41(25-27-42)40-16-6-2-7-17-40/h2-35,37-38H,1,36H2/b14-4-,15-5-. The molecule has 4 nitrogen and oxygen atoms in total. The van der Waals surface area contributed by atoms with E-state index < -0.39 is 0 Å². The van der Waals surface area contributed by atoms with Crippen LogP contribution in [0.2, 0.25) is 0 Å². The Morgan fingerprint density at radius 2 is 1.03 bits per heavy atom. The zero-order chi connectivity index (χ0) is 40.0. The van der Waals surface area contributed by atoms with Gasteiger partial charge in [0, 0.05) is 51.2 Å². The number of para-hydroxylation sites is 4. The maximum absolute atomic E-state index is 5.15. The first kappa shape index (κ1) is 35.2. The van der Waals surface area contributed by atoms with E-state index in [2.05, 4.69) is 239 Å². The van der Waals surface area contributed by atoms with Gasteiger partial charge in [0.05, 0.1) is 22.1 Å². The second-order valence-corrected chi connectivity index (χ2v) is 15.3. The molecule has 1 aliphatic heterocycles. The average Bonchev–Trinajstić information content (AvgIpc) is 3.88. The van der Waals surface area contributed by atoms with Gasteiger partial charge in [0.2, 0.25) is 0 Å². The minimum absolute atomic E-state index is 0.767. The topological polar surface area (TPSA) is 26.0 Å². The van der Waals surface area contributed by atoms with Crippen LogP contribution in [-0.2, 0) is 0 Å². The van der Waals surface area contributed by atoms with Crippen molar-refractivity contribution in [2.75, 3.05) is 11.4 Å². The van der Waals surface area contributed by atoms with Crippen LogP contribution >= 0.6 is 0 Å². The number of rotatable bonds is 6. The number of benzene rings is 8. The van der Waals surface area contributed by atoms with Crippen LogP contribution in [0, 0.1) is 0 Å². The molecule has 0 saturated carbocycles. The number of nitrogens with zero attached hydrogens (tertiary/aromatic N) is 4. The number of aromatic nitrogens is 3. The number of imidazole rings is 1. The van der Waals surface area contributed by atoms with Gasteiger partial charge in [0.15, 0.2) is 0 Å². The van der Waals surface area contributed by atoms with Gasteiger partial charge in [0.1, 0.15) is 5.82 Å². The maximum atomic E-state index is 5.15. The largest absolute Gasteiger partial charge is 0.337 e. The second-order valence-electron chi connectivity index (χ2n) is 15.3. The Kier molecular flexibility index (Phi) is 8.67. The highest BCUT2D eigenvalue weighted by molar-refractivity contribution is 6.10. The van der Waals surface area contributed by atoms with Crippen LogP contribution in [-0.4, -0.2) is 20.7 Å². The van der Waals surface area contributed by atoms with Crippen molar-refractivity contribution in [3.8, 4) is 45.0 Å². The highest BCUT2D eigenvalue weighted by Crippen LogP contribution is 2.40. The molecule has 60 heavy (non-hydrogen) atoms.